The van der Waals surface area contributed by atoms with Crippen LogP contribution in [0.15, 0.2) is 38.3 Å². The highest BCUT2D eigenvalue weighted by molar-refractivity contribution is 7.02. The molecule has 66 valence electrons. The average molecular weight is 187 g/mol. The highest BCUT2D eigenvalue weighted by Crippen LogP contribution is 2.53. The number of rotatable bonds is 0. The molecule has 0 saturated carbocycles. The van der Waals surface area contributed by atoms with Gasteiger partial charge in [0.1, 0.15) is 8.07 Å². The van der Waals surface area contributed by atoms with Crippen LogP contribution in [0.2, 0.25) is 13.1 Å². The molecule has 13 heavy (non-hydrogen) atoms. The van der Waals surface area contributed by atoms with Gasteiger partial charge in [0.05, 0.1) is 5.71 Å². The minimum absolute atomic E-state index is 1.15. The van der Waals surface area contributed by atoms with Gasteiger partial charge >= 0.3 is 0 Å². The standard InChI is InChI=1S/C11H13NSi/c1-6-5-8-9(12-6)11-7(2)10(8)13(11,3)4/h5H,1-4H3. The molecule has 3 heterocycles. The lowest BCUT2D eigenvalue weighted by molar-refractivity contribution is 1.31. The van der Waals surface area contributed by atoms with E-state index >= 15 is 0 Å². The van der Waals surface area contributed by atoms with Gasteiger partial charge in [-0.15, -0.1) is 0 Å². The molecule has 2 bridgehead atoms. The molecule has 1 aliphatic carbocycles. The van der Waals surface area contributed by atoms with Gasteiger partial charge in [-0.05, 0) is 35.9 Å². The summed E-state index contributed by atoms with van der Waals surface area (Å²) in [5.41, 5.74) is 5.49. The van der Waals surface area contributed by atoms with Crippen LogP contribution in [0.25, 0.3) is 0 Å². The smallest absolute Gasteiger partial charge is 0.116 e. The monoisotopic (exact) mass is 187 g/mol. The molecule has 0 unspecified atom stereocenters. The minimum atomic E-state index is -1.15. The summed E-state index contributed by atoms with van der Waals surface area (Å²) >= 11 is 0. The molecule has 0 saturated heterocycles. The molecule has 0 aromatic rings. The first-order valence-corrected chi connectivity index (χ1v) is 7.77. The fourth-order valence-electron chi connectivity index (χ4n) is 3.06. The molecule has 0 aromatic carbocycles. The summed E-state index contributed by atoms with van der Waals surface area (Å²) in [4.78, 5) is 4.62. The Labute approximate surface area is 79.6 Å². The van der Waals surface area contributed by atoms with Crippen LogP contribution in [-0.2, 0) is 0 Å². The van der Waals surface area contributed by atoms with E-state index in [0.717, 1.165) is 0 Å². The summed E-state index contributed by atoms with van der Waals surface area (Å²) in [7, 11) is -1.15. The number of allylic oxidation sites excluding steroid dienone is 6. The Hall–Kier alpha value is -0.893. The molecule has 0 atom stereocenters. The lowest BCUT2D eigenvalue weighted by Crippen LogP contribution is -2.40. The summed E-state index contributed by atoms with van der Waals surface area (Å²) in [6.45, 7) is 9.20. The van der Waals surface area contributed by atoms with Crippen LogP contribution < -0.4 is 0 Å². The van der Waals surface area contributed by atoms with Crippen LogP contribution in [0.4, 0.5) is 0 Å². The van der Waals surface area contributed by atoms with E-state index in [-0.39, 0.29) is 0 Å². The van der Waals surface area contributed by atoms with Gasteiger partial charge in [-0.25, -0.2) is 0 Å². The van der Waals surface area contributed by atoms with E-state index in [0.29, 0.717) is 0 Å². The van der Waals surface area contributed by atoms with Crippen LogP contribution in [0.3, 0.4) is 0 Å². The predicted octanol–water partition coefficient (Wildman–Crippen LogP) is 2.77. The van der Waals surface area contributed by atoms with Crippen LogP contribution in [0.5, 0.6) is 0 Å². The summed E-state index contributed by atoms with van der Waals surface area (Å²) in [6, 6.07) is 0. The maximum Gasteiger partial charge on any atom is 0.116 e. The van der Waals surface area contributed by atoms with Gasteiger partial charge in [-0.3, -0.25) is 4.99 Å². The van der Waals surface area contributed by atoms with E-state index in [1.165, 1.54) is 22.6 Å². The van der Waals surface area contributed by atoms with Crippen molar-refractivity contribution in [1.82, 2.24) is 0 Å². The van der Waals surface area contributed by atoms with Gasteiger partial charge in [-0.2, -0.15) is 0 Å². The Morgan fingerprint density at radius 3 is 2.38 bits per heavy atom. The quantitative estimate of drug-likeness (QED) is 0.517. The molecule has 0 N–H and O–H groups in total. The molecular formula is C11H13NSi. The van der Waals surface area contributed by atoms with Crippen LogP contribution >= 0.6 is 0 Å². The van der Waals surface area contributed by atoms with Crippen molar-refractivity contribution >= 4 is 13.8 Å². The first-order valence-electron chi connectivity index (χ1n) is 4.77. The zero-order valence-electron chi connectivity index (χ0n) is 8.52. The molecule has 4 aliphatic rings. The fourth-order valence-corrected chi connectivity index (χ4v) is 6.90. The summed E-state index contributed by atoms with van der Waals surface area (Å²) in [6.07, 6.45) is 2.25. The molecular weight excluding hydrogens is 174 g/mol. The van der Waals surface area contributed by atoms with Gasteiger partial charge in [-0.1, -0.05) is 13.1 Å². The topological polar surface area (TPSA) is 12.4 Å². The Kier molecular flexibility index (Phi) is 1.04. The van der Waals surface area contributed by atoms with Crippen LogP contribution in [0.1, 0.15) is 13.8 Å². The van der Waals surface area contributed by atoms with Crippen molar-refractivity contribution in [3.63, 3.8) is 0 Å². The Balaban J connectivity index is 2.32. The predicted molar refractivity (Wildman–Crippen MR) is 58.4 cm³/mol. The third-order valence-electron chi connectivity index (χ3n) is 3.40. The lowest BCUT2D eigenvalue weighted by atomic mass is 10.2. The molecule has 0 fully saturated rings. The molecule has 3 aliphatic heterocycles. The molecule has 0 spiro atoms. The van der Waals surface area contributed by atoms with Crippen molar-refractivity contribution in [2.24, 2.45) is 4.99 Å². The first kappa shape index (κ1) is 7.51. The Bertz CT molecular complexity index is 458. The molecule has 0 amide bonds. The van der Waals surface area contributed by atoms with Gasteiger partial charge < -0.3 is 0 Å². The van der Waals surface area contributed by atoms with Gasteiger partial charge in [0.15, 0.2) is 0 Å². The zero-order valence-corrected chi connectivity index (χ0v) is 9.52. The molecule has 0 aromatic heterocycles. The average Bonchev–Trinajstić information content (AvgIpc) is 2.46. The SMILES string of the molecule is CC1=CC2=C3C(C)=C(C2=N1)[Si]3(C)C. The van der Waals surface area contributed by atoms with Crippen molar-refractivity contribution in [1.29, 1.82) is 0 Å². The van der Waals surface area contributed by atoms with Crippen LogP contribution in [-0.4, -0.2) is 13.8 Å². The highest BCUT2D eigenvalue weighted by Gasteiger charge is 2.53. The number of hydrogen-bond acceptors (Lipinski definition) is 1. The highest BCUT2D eigenvalue weighted by atomic mass is 28.3. The largest absolute Gasteiger partial charge is 0.253 e. The van der Waals surface area contributed by atoms with E-state index < -0.39 is 8.07 Å². The second-order valence-electron chi connectivity index (χ2n) is 4.66. The van der Waals surface area contributed by atoms with E-state index in [1.807, 2.05) is 0 Å². The van der Waals surface area contributed by atoms with Gasteiger partial charge in [0.25, 0.3) is 0 Å². The van der Waals surface area contributed by atoms with Gasteiger partial charge in [0, 0.05) is 11.3 Å². The van der Waals surface area contributed by atoms with E-state index in [1.54, 1.807) is 10.4 Å². The zero-order chi connectivity index (χ0) is 9.38. The first-order chi connectivity index (χ1) is 6.03. The van der Waals surface area contributed by atoms with Crippen molar-refractivity contribution in [3.05, 3.63) is 33.3 Å². The van der Waals surface area contributed by atoms with Crippen molar-refractivity contribution < 1.29 is 0 Å². The summed E-state index contributed by atoms with van der Waals surface area (Å²) < 4.78 is 0. The van der Waals surface area contributed by atoms with E-state index in [2.05, 4.69) is 38.0 Å². The summed E-state index contributed by atoms with van der Waals surface area (Å²) in [5.74, 6) is 0. The minimum Gasteiger partial charge on any atom is -0.253 e. The van der Waals surface area contributed by atoms with Crippen molar-refractivity contribution in [2.45, 2.75) is 26.9 Å². The Morgan fingerprint density at radius 2 is 1.85 bits per heavy atom. The van der Waals surface area contributed by atoms with Crippen LogP contribution in [0, 0.1) is 0 Å². The maximum atomic E-state index is 4.62. The molecule has 4 rings (SSSR count). The molecule has 2 heteroatoms. The van der Waals surface area contributed by atoms with E-state index in [4.69, 9.17) is 0 Å². The number of nitrogens with zero attached hydrogens (tertiary/aromatic N) is 1. The second-order valence-corrected chi connectivity index (χ2v) is 8.91. The maximum absolute atomic E-state index is 4.62. The number of aliphatic imine (C=N–C) groups is 1. The summed E-state index contributed by atoms with van der Waals surface area (Å²) in [5, 5.41) is 3.28. The Morgan fingerprint density at radius 1 is 1.15 bits per heavy atom. The third-order valence-corrected chi connectivity index (χ3v) is 7.16. The van der Waals surface area contributed by atoms with Crippen molar-refractivity contribution in [2.75, 3.05) is 0 Å². The normalized spacial score (nSPS) is 27.4. The second kappa shape index (κ2) is 1.80. The third kappa shape index (κ3) is 0.602. The van der Waals surface area contributed by atoms with E-state index in [9.17, 15) is 0 Å². The lowest BCUT2D eigenvalue weighted by Gasteiger charge is -2.34. The van der Waals surface area contributed by atoms with Gasteiger partial charge in [0.2, 0.25) is 0 Å². The fraction of sp³-hybridized carbons (Fsp3) is 0.364. The molecule has 0 radical (unpaired) electrons. The number of hydrogen-bond donors (Lipinski definition) is 0. The molecule has 1 nitrogen and oxygen atoms in total. The van der Waals surface area contributed by atoms with Crippen molar-refractivity contribution in [3.8, 4) is 0 Å².